The van der Waals surface area contributed by atoms with Crippen LogP contribution in [0.5, 0.6) is 0 Å². The predicted octanol–water partition coefficient (Wildman–Crippen LogP) is 2.59. The van der Waals surface area contributed by atoms with Crippen molar-refractivity contribution in [2.24, 2.45) is 0 Å². The van der Waals surface area contributed by atoms with E-state index in [2.05, 4.69) is 15.4 Å². The maximum Gasteiger partial charge on any atom is 0.241 e. The third kappa shape index (κ3) is 4.32. The number of carbonyl (C=O) groups is 1. The average molecular weight is 398 g/mol. The summed E-state index contributed by atoms with van der Waals surface area (Å²) in [7, 11) is -3.83. The summed E-state index contributed by atoms with van der Waals surface area (Å²) in [5.41, 5.74) is 0.457. The lowest BCUT2D eigenvalue weighted by Crippen LogP contribution is -2.35. The SMILES string of the molecule is O=C(Nc1ccc(Cl)cc1)C1CC(S(=O)(=O)Nc2ccccc2F)CN1. The molecule has 6 nitrogen and oxygen atoms in total. The molecule has 3 N–H and O–H groups in total. The molecule has 2 unspecified atom stereocenters. The van der Waals surface area contributed by atoms with E-state index in [0.717, 1.165) is 0 Å². The molecule has 2 aromatic carbocycles. The predicted molar refractivity (Wildman–Crippen MR) is 99.2 cm³/mol. The zero-order valence-corrected chi connectivity index (χ0v) is 15.1. The molecule has 1 heterocycles. The Morgan fingerprint density at radius 3 is 2.54 bits per heavy atom. The number of amides is 1. The van der Waals surface area contributed by atoms with Crippen molar-refractivity contribution in [3.63, 3.8) is 0 Å². The highest BCUT2D eigenvalue weighted by Gasteiger charge is 2.37. The van der Waals surface area contributed by atoms with Gasteiger partial charge in [0.1, 0.15) is 5.82 Å². The van der Waals surface area contributed by atoms with Crippen LogP contribution in [0.4, 0.5) is 15.8 Å². The molecule has 1 fully saturated rings. The van der Waals surface area contributed by atoms with E-state index in [0.29, 0.717) is 10.7 Å². The van der Waals surface area contributed by atoms with E-state index in [1.165, 1.54) is 24.3 Å². The Kier molecular flexibility index (Phi) is 5.45. The number of sulfonamides is 1. The van der Waals surface area contributed by atoms with Gasteiger partial charge in [0.2, 0.25) is 15.9 Å². The highest BCUT2D eigenvalue weighted by molar-refractivity contribution is 7.93. The van der Waals surface area contributed by atoms with Gasteiger partial charge in [0.15, 0.2) is 0 Å². The zero-order valence-electron chi connectivity index (χ0n) is 13.6. The van der Waals surface area contributed by atoms with Crippen LogP contribution in [0.25, 0.3) is 0 Å². The molecule has 26 heavy (non-hydrogen) atoms. The van der Waals surface area contributed by atoms with Gasteiger partial charge in [-0.2, -0.15) is 0 Å². The van der Waals surface area contributed by atoms with Crippen LogP contribution in [-0.4, -0.2) is 32.2 Å². The summed E-state index contributed by atoms with van der Waals surface area (Å²) in [5.74, 6) is -0.991. The van der Waals surface area contributed by atoms with E-state index >= 15 is 0 Å². The number of benzene rings is 2. The van der Waals surface area contributed by atoms with Crippen LogP contribution in [-0.2, 0) is 14.8 Å². The maximum atomic E-state index is 13.7. The molecule has 9 heteroatoms. The second-order valence-corrected chi connectivity index (χ2v) is 8.34. The molecule has 0 spiro atoms. The topological polar surface area (TPSA) is 87.3 Å². The Morgan fingerprint density at radius 1 is 1.15 bits per heavy atom. The Morgan fingerprint density at radius 2 is 1.85 bits per heavy atom. The van der Waals surface area contributed by atoms with Gasteiger partial charge in [-0.3, -0.25) is 9.52 Å². The van der Waals surface area contributed by atoms with Crippen molar-refractivity contribution >= 4 is 38.9 Å². The first-order chi connectivity index (χ1) is 12.3. The largest absolute Gasteiger partial charge is 0.325 e. The minimum atomic E-state index is -3.83. The summed E-state index contributed by atoms with van der Waals surface area (Å²) < 4.78 is 40.8. The van der Waals surface area contributed by atoms with Gasteiger partial charge in [-0.25, -0.2) is 12.8 Å². The van der Waals surface area contributed by atoms with Gasteiger partial charge in [-0.05, 0) is 42.8 Å². The fourth-order valence-corrected chi connectivity index (χ4v) is 4.21. The molecule has 0 aliphatic carbocycles. The van der Waals surface area contributed by atoms with Crippen molar-refractivity contribution in [3.05, 3.63) is 59.4 Å². The molecule has 1 aliphatic heterocycles. The molecule has 0 aromatic heterocycles. The Bertz CT molecular complexity index is 906. The van der Waals surface area contributed by atoms with Gasteiger partial charge in [-0.15, -0.1) is 0 Å². The Balaban J connectivity index is 1.63. The molecular formula is C17H17ClFN3O3S. The molecule has 1 amide bonds. The van der Waals surface area contributed by atoms with Crippen LogP contribution >= 0.6 is 11.6 Å². The minimum Gasteiger partial charge on any atom is -0.325 e. The van der Waals surface area contributed by atoms with Crippen molar-refractivity contribution in [2.75, 3.05) is 16.6 Å². The van der Waals surface area contributed by atoms with Gasteiger partial charge in [0, 0.05) is 17.3 Å². The highest BCUT2D eigenvalue weighted by Crippen LogP contribution is 2.21. The van der Waals surface area contributed by atoms with Crippen molar-refractivity contribution in [3.8, 4) is 0 Å². The van der Waals surface area contributed by atoms with Crippen molar-refractivity contribution in [1.29, 1.82) is 0 Å². The first-order valence-corrected chi connectivity index (χ1v) is 9.83. The van der Waals surface area contributed by atoms with Crippen molar-refractivity contribution in [2.45, 2.75) is 17.7 Å². The van der Waals surface area contributed by atoms with Crippen LogP contribution in [0.3, 0.4) is 0 Å². The molecule has 2 aromatic rings. The van der Waals surface area contributed by atoms with Crippen molar-refractivity contribution in [1.82, 2.24) is 5.32 Å². The number of hydrogen-bond acceptors (Lipinski definition) is 4. The summed E-state index contributed by atoms with van der Waals surface area (Å²) in [6, 6.07) is 11.5. The van der Waals surface area contributed by atoms with E-state index in [1.54, 1.807) is 24.3 Å². The molecule has 2 atom stereocenters. The van der Waals surface area contributed by atoms with Crippen LogP contribution in [0, 0.1) is 5.82 Å². The van der Waals surface area contributed by atoms with Gasteiger partial charge >= 0.3 is 0 Å². The molecule has 1 saturated heterocycles. The fraction of sp³-hybridized carbons (Fsp3) is 0.235. The van der Waals surface area contributed by atoms with Crippen LogP contribution in [0.2, 0.25) is 5.02 Å². The van der Waals surface area contributed by atoms with E-state index in [9.17, 15) is 17.6 Å². The average Bonchev–Trinajstić information content (AvgIpc) is 3.10. The molecule has 0 bridgehead atoms. The summed E-state index contributed by atoms with van der Waals surface area (Å²) in [6.45, 7) is 0.0997. The lowest BCUT2D eigenvalue weighted by atomic mass is 10.2. The molecule has 3 rings (SSSR count). The van der Waals surface area contributed by atoms with Gasteiger partial charge < -0.3 is 10.6 Å². The second-order valence-electron chi connectivity index (χ2n) is 5.94. The number of para-hydroxylation sites is 1. The van der Waals surface area contributed by atoms with Crippen LogP contribution < -0.4 is 15.4 Å². The number of rotatable bonds is 5. The number of nitrogens with one attached hydrogen (secondary N) is 3. The quantitative estimate of drug-likeness (QED) is 0.723. The third-order valence-electron chi connectivity index (χ3n) is 4.08. The summed E-state index contributed by atoms with van der Waals surface area (Å²) >= 11 is 5.80. The minimum absolute atomic E-state index is 0.0865. The standard InChI is InChI=1S/C17H17ClFN3O3S/c18-11-5-7-12(8-6-11)21-17(23)16-9-13(10-20-16)26(24,25)22-15-4-2-1-3-14(15)19/h1-8,13,16,20,22H,9-10H2,(H,21,23). The number of carbonyl (C=O) groups excluding carboxylic acids is 1. The number of halogens is 2. The van der Waals surface area contributed by atoms with Gasteiger partial charge in [0.05, 0.1) is 17.0 Å². The highest BCUT2D eigenvalue weighted by atomic mass is 35.5. The number of hydrogen-bond donors (Lipinski definition) is 3. The monoisotopic (exact) mass is 397 g/mol. The first-order valence-electron chi connectivity index (χ1n) is 7.91. The van der Waals surface area contributed by atoms with E-state index in [1.807, 2.05) is 0 Å². The summed E-state index contributed by atoms with van der Waals surface area (Å²) in [6.07, 6.45) is 0.0865. The maximum absolute atomic E-state index is 13.7. The normalized spacial score (nSPS) is 19.9. The second kappa shape index (κ2) is 7.61. The van der Waals surface area contributed by atoms with Crippen molar-refractivity contribution < 1.29 is 17.6 Å². The van der Waals surface area contributed by atoms with E-state index < -0.39 is 27.1 Å². The van der Waals surface area contributed by atoms with Gasteiger partial charge in [-0.1, -0.05) is 23.7 Å². The molecule has 138 valence electrons. The lowest BCUT2D eigenvalue weighted by molar-refractivity contribution is -0.117. The fourth-order valence-electron chi connectivity index (χ4n) is 2.68. The van der Waals surface area contributed by atoms with Crippen LogP contribution in [0.1, 0.15) is 6.42 Å². The third-order valence-corrected chi connectivity index (χ3v) is 6.08. The van der Waals surface area contributed by atoms with Gasteiger partial charge in [0.25, 0.3) is 0 Å². The van der Waals surface area contributed by atoms with E-state index in [-0.39, 0.29) is 24.6 Å². The zero-order chi connectivity index (χ0) is 18.7. The Hall–Kier alpha value is -2.16. The molecule has 0 radical (unpaired) electrons. The summed E-state index contributed by atoms with van der Waals surface area (Å²) in [5, 5.41) is 5.30. The van der Waals surface area contributed by atoms with E-state index in [4.69, 9.17) is 11.6 Å². The molecule has 1 aliphatic rings. The first kappa shape index (κ1) is 18.6. The Labute approximate surface area is 155 Å². The number of anilines is 2. The molecular weight excluding hydrogens is 381 g/mol. The lowest BCUT2D eigenvalue weighted by Gasteiger charge is -2.14. The smallest absolute Gasteiger partial charge is 0.241 e. The molecule has 0 saturated carbocycles. The summed E-state index contributed by atoms with van der Waals surface area (Å²) in [4.78, 5) is 12.3. The van der Waals surface area contributed by atoms with Crippen LogP contribution in [0.15, 0.2) is 48.5 Å².